The van der Waals surface area contributed by atoms with Gasteiger partial charge in [-0.05, 0) is 62.6 Å². The Bertz CT molecular complexity index is 394. The second-order valence-corrected chi connectivity index (χ2v) is 5.78. The Morgan fingerprint density at radius 3 is 2.35 bits per heavy atom. The van der Waals surface area contributed by atoms with E-state index in [1.807, 2.05) is 19.9 Å². The summed E-state index contributed by atoms with van der Waals surface area (Å²) < 4.78 is 14.2. The summed E-state index contributed by atoms with van der Waals surface area (Å²) in [6, 6.07) is 3.64. The number of hydrogen-bond acceptors (Lipinski definition) is 1. The number of rotatable bonds is 1. The zero-order valence-electron chi connectivity index (χ0n) is 11.0. The molecule has 2 N–H and O–H groups in total. The standard InChI is InChI=1S/C15H22FN/c1-10-4-6-15(17,7-5-10)14-12(3)8-11(2)9-13(14)16/h8-10H,4-7,17H2,1-3H3. The zero-order valence-corrected chi connectivity index (χ0v) is 11.0. The molecule has 0 aliphatic heterocycles. The Balaban J connectivity index is 2.39. The van der Waals surface area contributed by atoms with Crippen LogP contribution in [0.4, 0.5) is 4.39 Å². The van der Waals surface area contributed by atoms with Gasteiger partial charge < -0.3 is 5.73 Å². The molecule has 1 aromatic rings. The first-order valence-corrected chi connectivity index (χ1v) is 6.48. The van der Waals surface area contributed by atoms with Crippen LogP contribution in [0.25, 0.3) is 0 Å². The molecule has 1 fully saturated rings. The second kappa shape index (κ2) is 4.41. The molecule has 0 heterocycles. The lowest BCUT2D eigenvalue weighted by Crippen LogP contribution is -2.41. The maximum Gasteiger partial charge on any atom is 0.128 e. The fraction of sp³-hybridized carbons (Fsp3) is 0.600. The molecule has 1 aliphatic rings. The predicted octanol–water partition coefficient (Wildman–Crippen LogP) is 3.81. The summed E-state index contributed by atoms with van der Waals surface area (Å²) in [7, 11) is 0. The first-order chi connectivity index (χ1) is 7.92. The van der Waals surface area contributed by atoms with Crippen molar-refractivity contribution in [3.63, 3.8) is 0 Å². The van der Waals surface area contributed by atoms with Gasteiger partial charge in [0, 0.05) is 11.1 Å². The van der Waals surface area contributed by atoms with Gasteiger partial charge in [-0.1, -0.05) is 13.0 Å². The van der Waals surface area contributed by atoms with E-state index in [1.54, 1.807) is 6.07 Å². The van der Waals surface area contributed by atoms with Crippen LogP contribution < -0.4 is 5.73 Å². The Kier molecular flexibility index (Phi) is 3.26. The SMILES string of the molecule is Cc1cc(C)c(C2(N)CCC(C)CC2)c(F)c1. The lowest BCUT2D eigenvalue weighted by Gasteiger charge is -2.37. The van der Waals surface area contributed by atoms with Crippen molar-refractivity contribution in [3.05, 3.63) is 34.6 Å². The molecule has 0 radical (unpaired) electrons. The van der Waals surface area contributed by atoms with Crippen LogP contribution >= 0.6 is 0 Å². The lowest BCUT2D eigenvalue weighted by molar-refractivity contribution is 0.241. The molecule has 94 valence electrons. The van der Waals surface area contributed by atoms with Crippen LogP contribution in [0.2, 0.25) is 0 Å². The van der Waals surface area contributed by atoms with Gasteiger partial charge in [-0.15, -0.1) is 0 Å². The molecular formula is C15H22FN. The molecule has 0 bridgehead atoms. The molecule has 2 heteroatoms. The van der Waals surface area contributed by atoms with Crippen LogP contribution in [0.3, 0.4) is 0 Å². The van der Waals surface area contributed by atoms with E-state index in [0.717, 1.165) is 48.3 Å². The van der Waals surface area contributed by atoms with Crippen molar-refractivity contribution in [1.29, 1.82) is 0 Å². The molecule has 0 spiro atoms. The summed E-state index contributed by atoms with van der Waals surface area (Å²) in [6.45, 7) is 6.14. The highest BCUT2D eigenvalue weighted by atomic mass is 19.1. The largest absolute Gasteiger partial charge is 0.321 e. The van der Waals surface area contributed by atoms with Gasteiger partial charge in [-0.3, -0.25) is 0 Å². The number of benzene rings is 1. The second-order valence-electron chi connectivity index (χ2n) is 5.78. The Hall–Kier alpha value is -0.890. The predicted molar refractivity (Wildman–Crippen MR) is 69.4 cm³/mol. The van der Waals surface area contributed by atoms with Gasteiger partial charge in [-0.25, -0.2) is 4.39 Å². The Morgan fingerprint density at radius 2 is 1.82 bits per heavy atom. The van der Waals surface area contributed by atoms with Crippen LogP contribution in [0, 0.1) is 25.6 Å². The smallest absolute Gasteiger partial charge is 0.128 e. The maximum absolute atomic E-state index is 14.2. The van der Waals surface area contributed by atoms with Gasteiger partial charge in [0.25, 0.3) is 0 Å². The molecule has 0 aromatic heterocycles. The molecule has 1 aromatic carbocycles. The molecule has 1 aliphatic carbocycles. The third-order valence-corrected chi connectivity index (χ3v) is 4.10. The van der Waals surface area contributed by atoms with Crippen LogP contribution in [0.1, 0.15) is 49.3 Å². The van der Waals surface area contributed by atoms with Crippen molar-refractivity contribution < 1.29 is 4.39 Å². The Labute approximate surface area is 103 Å². The third-order valence-electron chi connectivity index (χ3n) is 4.10. The van der Waals surface area contributed by atoms with Crippen molar-refractivity contribution in [3.8, 4) is 0 Å². The molecule has 0 unspecified atom stereocenters. The van der Waals surface area contributed by atoms with E-state index in [-0.39, 0.29) is 5.82 Å². The van der Waals surface area contributed by atoms with Crippen molar-refractivity contribution in [2.24, 2.45) is 11.7 Å². The van der Waals surface area contributed by atoms with E-state index in [2.05, 4.69) is 6.92 Å². The molecule has 0 atom stereocenters. The summed E-state index contributed by atoms with van der Waals surface area (Å²) in [5.74, 6) is 0.597. The van der Waals surface area contributed by atoms with Crippen LogP contribution in [-0.2, 0) is 5.54 Å². The fourth-order valence-corrected chi connectivity index (χ4v) is 3.07. The monoisotopic (exact) mass is 235 g/mol. The van der Waals surface area contributed by atoms with Gasteiger partial charge in [0.05, 0.1) is 0 Å². The first-order valence-electron chi connectivity index (χ1n) is 6.48. The van der Waals surface area contributed by atoms with Gasteiger partial charge in [0.2, 0.25) is 0 Å². The summed E-state index contributed by atoms with van der Waals surface area (Å²) in [5, 5.41) is 0. The van der Waals surface area contributed by atoms with Gasteiger partial charge in [-0.2, -0.15) is 0 Å². The van der Waals surface area contributed by atoms with Crippen LogP contribution in [0.15, 0.2) is 12.1 Å². The molecule has 0 amide bonds. The van der Waals surface area contributed by atoms with Crippen molar-refractivity contribution in [2.45, 2.75) is 52.0 Å². The quantitative estimate of drug-likeness (QED) is 0.787. The Morgan fingerprint density at radius 1 is 1.24 bits per heavy atom. The molecule has 1 nitrogen and oxygen atoms in total. The van der Waals surface area contributed by atoms with Gasteiger partial charge in [0.1, 0.15) is 5.82 Å². The highest BCUT2D eigenvalue weighted by Gasteiger charge is 2.35. The van der Waals surface area contributed by atoms with Crippen LogP contribution in [-0.4, -0.2) is 0 Å². The average Bonchev–Trinajstić information content (AvgIpc) is 2.21. The highest BCUT2D eigenvalue weighted by Crippen LogP contribution is 2.39. The van der Waals surface area contributed by atoms with Crippen molar-refractivity contribution in [2.75, 3.05) is 0 Å². The van der Waals surface area contributed by atoms with E-state index in [0.29, 0.717) is 0 Å². The maximum atomic E-state index is 14.2. The van der Waals surface area contributed by atoms with Gasteiger partial charge in [0.15, 0.2) is 0 Å². The minimum absolute atomic E-state index is 0.125. The molecule has 17 heavy (non-hydrogen) atoms. The topological polar surface area (TPSA) is 26.0 Å². The number of hydrogen-bond donors (Lipinski definition) is 1. The summed E-state index contributed by atoms with van der Waals surface area (Å²) >= 11 is 0. The summed E-state index contributed by atoms with van der Waals surface area (Å²) in [6.07, 6.45) is 4.00. The van der Waals surface area contributed by atoms with Crippen LogP contribution in [0.5, 0.6) is 0 Å². The molecule has 2 rings (SSSR count). The number of halogens is 1. The molecular weight excluding hydrogens is 213 g/mol. The van der Waals surface area contributed by atoms with Crippen molar-refractivity contribution in [1.82, 2.24) is 0 Å². The van der Waals surface area contributed by atoms with E-state index < -0.39 is 5.54 Å². The minimum Gasteiger partial charge on any atom is -0.321 e. The van der Waals surface area contributed by atoms with E-state index in [1.165, 1.54) is 0 Å². The molecule has 0 saturated heterocycles. The minimum atomic E-state index is -0.450. The molecule has 1 saturated carbocycles. The normalized spacial score (nSPS) is 29.4. The fourth-order valence-electron chi connectivity index (χ4n) is 3.07. The van der Waals surface area contributed by atoms with E-state index in [9.17, 15) is 4.39 Å². The van der Waals surface area contributed by atoms with E-state index in [4.69, 9.17) is 5.73 Å². The van der Waals surface area contributed by atoms with Crippen molar-refractivity contribution >= 4 is 0 Å². The third kappa shape index (κ3) is 2.37. The average molecular weight is 235 g/mol. The number of aryl methyl sites for hydroxylation is 2. The first kappa shape index (κ1) is 12.6. The lowest BCUT2D eigenvalue weighted by atomic mass is 9.72. The highest BCUT2D eigenvalue weighted by molar-refractivity contribution is 5.37. The number of nitrogens with two attached hydrogens (primary N) is 1. The zero-order chi connectivity index (χ0) is 12.6. The summed E-state index contributed by atoms with van der Waals surface area (Å²) in [5.41, 5.74) is 8.72. The van der Waals surface area contributed by atoms with E-state index >= 15 is 0 Å². The summed E-state index contributed by atoms with van der Waals surface area (Å²) in [4.78, 5) is 0. The van der Waals surface area contributed by atoms with Gasteiger partial charge >= 0.3 is 0 Å².